The zero-order valence-electron chi connectivity index (χ0n) is 11.9. The van der Waals surface area contributed by atoms with E-state index in [0.717, 1.165) is 24.9 Å². The van der Waals surface area contributed by atoms with Gasteiger partial charge in [-0.05, 0) is 37.4 Å². The van der Waals surface area contributed by atoms with E-state index in [1.807, 2.05) is 0 Å². The predicted molar refractivity (Wildman–Crippen MR) is 71.0 cm³/mol. The van der Waals surface area contributed by atoms with Crippen LogP contribution in [-0.4, -0.2) is 33.2 Å². The smallest absolute Gasteiger partial charge is 0.496 e. The molecule has 0 aromatic heterocycles. The lowest BCUT2D eigenvalue weighted by Crippen LogP contribution is -2.24. The largest absolute Gasteiger partial charge is 0.573 e. The number of alkyl halides is 3. The third-order valence-corrected chi connectivity index (χ3v) is 3.42. The maximum Gasteiger partial charge on any atom is 0.573 e. The Kier molecular flexibility index (Phi) is 4.82. The van der Waals surface area contributed by atoms with Crippen LogP contribution in [0.5, 0.6) is 17.2 Å². The van der Waals surface area contributed by atoms with Crippen LogP contribution in [0.1, 0.15) is 18.4 Å². The van der Waals surface area contributed by atoms with Crippen molar-refractivity contribution in [3.05, 3.63) is 17.7 Å². The highest BCUT2D eigenvalue weighted by Crippen LogP contribution is 2.38. The number of ether oxygens (including phenoxy) is 3. The molecule has 1 heterocycles. The molecule has 1 aliphatic heterocycles. The van der Waals surface area contributed by atoms with E-state index < -0.39 is 12.1 Å². The molecule has 1 aliphatic rings. The van der Waals surface area contributed by atoms with Crippen molar-refractivity contribution < 1.29 is 27.4 Å². The number of benzene rings is 1. The Morgan fingerprint density at radius 3 is 2.38 bits per heavy atom. The number of hydrogen-bond donors (Lipinski definition) is 1. The summed E-state index contributed by atoms with van der Waals surface area (Å²) in [6.45, 7) is 0.958. The minimum absolute atomic E-state index is 0.0427. The molecule has 0 saturated carbocycles. The summed E-state index contributed by atoms with van der Waals surface area (Å²) in [5, 5.41) is 3.34. The highest BCUT2D eigenvalue weighted by Gasteiger charge is 2.33. The minimum Gasteiger partial charge on any atom is -0.496 e. The molecular formula is C14H18F3NO3. The fourth-order valence-electron chi connectivity index (χ4n) is 2.49. The quantitative estimate of drug-likeness (QED) is 0.908. The molecule has 1 aromatic rings. The molecule has 0 amide bonds. The van der Waals surface area contributed by atoms with Crippen LogP contribution in [-0.2, 0) is 6.42 Å². The molecule has 1 fully saturated rings. The molecule has 1 atom stereocenters. The molecule has 1 N–H and O–H groups in total. The highest BCUT2D eigenvalue weighted by atomic mass is 19.4. The van der Waals surface area contributed by atoms with Gasteiger partial charge in [-0.3, -0.25) is 0 Å². The Balaban J connectivity index is 2.28. The van der Waals surface area contributed by atoms with Gasteiger partial charge in [0.25, 0.3) is 0 Å². The van der Waals surface area contributed by atoms with Crippen LogP contribution < -0.4 is 19.5 Å². The average Bonchev–Trinajstić information content (AvgIpc) is 2.91. The number of halogens is 3. The number of hydrogen-bond acceptors (Lipinski definition) is 4. The summed E-state index contributed by atoms with van der Waals surface area (Å²) < 4.78 is 51.3. The molecule has 0 spiro atoms. The number of methoxy groups -OCH3 is 2. The molecular weight excluding hydrogens is 287 g/mol. The summed E-state index contributed by atoms with van der Waals surface area (Å²) in [7, 11) is 2.73. The summed E-state index contributed by atoms with van der Waals surface area (Å²) in [5.41, 5.74) is 0.795. The second-order valence-corrected chi connectivity index (χ2v) is 4.86. The molecule has 1 unspecified atom stereocenters. The van der Waals surface area contributed by atoms with Gasteiger partial charge in [-0.25, -0.2) is 0 Å². The fourth-order valence-corrected chi connectivity index (χ4v) is 2.49. The molecule has 2 rings (SSSR count). The Labute approximate surface area is 121 Å². The Hall–Kier alpha value is -1.63. The Bertz CT molecular complexity index is 485. The second kappa shape index (κ2) is 6.43. The van der Waals surface area contributed by atoms with Gasteiger partial charge in [-0.15, -0.1) is 13.2 Å². The van der Waals surface area contributed by atoms with E-state index in [1.54, 1.807) is 6.07 Å². The molecule has 118 valence electrons. The van der Waals surface area contributed by atoms with Crippen molar-refractivity contribution in [1.82, 2.24) is 5.32 Å². The second-order valence-electron chi connectivity index (χ2n) is 4.86. The minimum atomic E-state index is -4.77. The predicted octanol–water partition coefficient (Wildman–Crippen LogP) is 2.90. The molecule has 0 aliphatic carbocycles. The van der Waals surface area contributed by atoms with Crippen molar-refractivity contribution in [2.75, 3.05) is 20.8 Å². The Morgan fingerprint density at radius 1 is 1.14 bits per heavy atom. The van der Waals surface area contributed by atoms with Crippen molar-refractivity contribution in [3.63, 3.8) is 0 Å². The van der Waals surface area contributed by atoms with Crippen LogP contribution in [0.25, 0.3) is 0 Å². The third-order valence-electron chi connectivity index (χ3n) is 3.42. The van der Waals surface area contributed by atoms with Crippen molar-refractivity contribution in [1.29, 1.82) is 0 Å². The summed E-state index contributed by atoms with van der Waals surface area (Å²) in [6, 6.07) is 3.06. The molecule has 7 heteroatoms. The molecule has 4 nitrogen and oxygen atoms in total. The number of rotatable bonds is 5. The lowest BCUT2D eigenvalue weighted by Gasteiger charge is -2.18. The Morgan fingerprint density at radius 2 is 1.86 bits per heavy atom. The van der Waals surface area contributed by atoms with Crippen molar-refractivity contribution in [2.45, 2.75) is 31.7 Å². The normalized spacial score (nSPS) is 18.6. The van der Waals surface area contributed by atoms with E-state index in [-0.39, 0.29) is 5.75 Å². The van der Waals surface area contributed by atoms with Crippen LogP contribution in [0.3, 0.4) is 0 Å². The lowest BCUT2D eigenvalue weighted by atomic mass is 10.0. The van der Waals surface area contributed by atoms with Gasteiger partial charge in [-0.1, -0.05) is 0 Å². The highest BCUT2D eigenvalue weighted by molar-refractivity contribution is 5.51. The zero-order valence-corrected chi connectivity index (χ0v) is 11.9. The van der Waals surface area contributed by atoms with Gasteiger partial charge < -0.3 is 19.5 Å². The van der Waals surface area contributed by atoms with Crippen LogP contribution in [0, 0.1) is 0 Å². The van der Waals surface area contributed by atoms with E-state index >= 15 is 0 Å². The van der Waals surface area contributed by atoms with Crippen molar-refractivity contribution in [2.24, 2.45) is 0 Å². The van der Waals surface area contributed by atoms with Gasteiger partial charge in [0.1, 0.15) is 5.75 Å². The summed E-state index contributed by atoms with van der Waals surface area (Å²) in [6.07, 6.45) is -1.97. The van der Waals surface area contributed by atoms with Crippen LogP contribution in [0.4, 0.5) is 13.2 Å². The maximum absolute atomic E-state index is 12.4. The average molecular weight is 305 g/mol. The van der Waals surface area contributed by atoms with Gasteiger partial charge in [0, 0.05) is 12.1 Å². The van der Waals surface area contributed by atoms with Gasteiger partial charge in [0.2, 0.25) is 0 Å². The molecule has 0 radical (unpaired) electrons. The first-order valence-electron chi connectivity index (χ1n) is 6.67. The van der Waals surface area contributed by atoms with Gasteiger partial charge in [-0.2, -0.15) is 0 Å². The molecule has 21 heavy (non-hydrogen) atoms. The topological polar surface area (TPSA) is 39.7 Å². The fraction of sp³-hybridized carbons (Fsp3) is 0.571. The third kappa shape index (κ3) is 4.17. The molecule has 1 saturated heterocycles. The first-order valence-corrected chi connectivity index (χ1v) is 6.67. The maximum atomic E-state index is 12.4. The monoisotopic (exact) mass is 305 g/mol. The van der Waals surface area contributed by atoms with E-state index in [1.165, 1.54) is 20.3 Å². The van der Waals surface area contributed by atoms with Crippen LogP contribution in [0.2, 0.25) is 0 Å². The molecule has 0 bridgehead atoms. The van der Waals surface area contributed by atoms with Crippen LogP contribution in [0.15, 0.2) is 12.1 Å². The van der Waals surface area contributed by atoms with Gasteiger partial charge in [0.15, 0.2) is 11.5 Å². The van der Waals surface area contributed by atoms with Gasteiger partial charge in [0.05, 0.1) is 14.2 Å². The lowest BCUT2D eigenvalue weighted by molar-refractivity contribution is -0.275. The van der Waals surface area contributed by atoms with Gasteiger partial charge >= 0.3 is 6.36 Å². The van der Waals surface area contributed by atoms with Crippen molar-refractivity contribution in [3.8, 4) is 17.2 Å². The van der Waals surface area contributed by atoms with E-state index in [9.17, 15) is 13.2 Å². The zero-order chi connectivity index (χ0) is 15.5. The van der Waals surface area contributed by atoms with E-state index in [4.69, 9.17) is 9.47 Å². The van der Waals surface area contributed by atoms with Crippen LogP contribution >= 0.6 is 0 Å². The SMILES string of the molecule is COc1cc(OC(F)(F)F)c(OC)cc1CC1CCCN1. The summed E-state index contributed by atoms with van der Waals surface area (Å²) in [5.74, 6) is 0.00912. The number of nitrogens with one attached hydrogen (secondary N) is 1. The summed E-state index contributed by atoms with van der Waals surface area (Å²) in [4.78, 5) is 0. The standard InChI is InChI=1S/C14H18F3NO3/c1-19-11-8-13(21-14(15,16)17)12(20-2)7-9(11)6-10-4-3-5-18-10/h7-8,10,18H,3-6H2,1-2H3. The van der Waals surface area contributed by atoms with E-state index in [0.29, 0.717) is 18.2 Å². The van der Waals surface area contributed by atoms with Crippen molar-refractivity contribution >= 4 is 0 Å². The molecule has 1 aromatic carbocycles. The first-order chi connectivity index (χ1) is 9.93. The first kappa shape index (κ1) is 15.8. The van der Waals surface area contributed by atoms with E-state index in [2.05, 4.69) is 10.1 Å². The summed E-state index contributed by atoms with van der Waals surface area (Å²) >= 11 is 0.